The molecule has 94 valence electrons. The first-order chi connectivity index (χ1) is 7.75. The number of likely N-dealkylation sites (tertiary alicyclic amines) is 1. The SMILES string of the molecule is COCCCC(N)C(=O)N1CCCCCC1. The quantitative estimate of drug-likeness (QED) is 0.718. The summed E-state index contributed by atoms with van der Waals surface area (Å²) in [6.45, 7) is 2.45. The molecule has 2 N–H and O–H groups in total. The predicted molar refractivity (Wildman–Crippen MR) is 64.1 cm³/mol. The van der Waals surface area contributed by atoms with Gasteiger partial charge in [-0.3, -0.25) is 4.79 Å². The Balaban J connectivity index is 2.30. The highest BCUT2D eigenvalue weighted by Gasteiger charge is 2.21. The normalized spacial score (nSPS) is 19.2. The van der Waals surface area contributed by atoms with Gasteiger partial charge < -0.3 is 15.4 Å². The third-order valence-corrected chi connectivity index (χ3v) is 3.10. The summed E-state index contributed by atoms with van der Waals surface area (Å²) in [5.74, 6) is 0.123. The van der Waals surface area contributed by atoms with Crippen LogP contribution in [0.25, 0.3) is 0 Å². The monoisotopic (exact) mass is 228 g/mol. The van der Waals surface area contributed by atoms with Crippen molar-refractivity contribution >= 4 is 5.91 Å². The molecule has 1 aliphatic rings. The molecule has 0 spiro atoms. The van der Waals surface area contributed by atoms with Gasteiger partial charge in [0.1, 0.15) is 0 Å². The number of hydrogen-bond donors (Lipinski definition) is 1. The standard InChI is InChI=1S/C12H24N2O2/c1-16-10-6-7-11(13)12(15)14-8-4-2-3-5-9-14/h11H,2-10,13H2,1H3. The molecule has 0 radical (unpaired) electrons. The number of ether oxygens (including phenoxy) is 1. The van der Waals surface area contributed by atoms with Crippen molar-refractivity contribution in [1.82, 2.24) is 4.90 Å². The maximum Gasteiger partial charge on any atom is 0.239 e. The molecule has 1 heterocycles. The van der Waals surface area contributed by atoms with Gasteiger partial charge >= 0.3 is 0 Å². The van der Waals surface area contributed by atoms with Crippen LogP contribution in [0.2, 0.25) is 0 Å². The summed E-state index contributed by atoms with van der Waals surface area (Å²) >= 11 is 0. The lowest BCUT2D eigenvalue weighted by atomic mass is 10.1. The second-order valence-corrected chi connectivity index (χ2v) is 4.48. The first-order valence-corrected chi connectivity index (χ1v) is 6.29. The Morgan fingerprint density at radius 3 is 2.50 bits per heavy atom. The van der Waals surface area contributed by atoms with Crippen molar-refractivity contribution < 1.29 is 9.53 Å². The van der Waals surface area contributed by atoms with E-state index in [2.05, 4.69) is 0 Å². The fourth-order valence-electron chi connectivity index (χ4n) is 2.10. The molecule has 1 amide bonds. The van der Waals surface area contributed by atoms with Crippen LogP contribution in [0.3, 0.4) is 0 Å². The van der Waals surface area contributed by atoms with Gasteiger partial charge in [-0.05, 0) is 25.7 Å². The first kappa shape index (κ1) is 13.5. The Morgan fingerprint density at radius 1 is 1.31 bits per heavy atom. The van der Waals surface area contributed by atoms with Gasteiger partial charge in [-0.2, -0.15) is 0 Å². The molecule has 1 aliphatic heterocycles. The van der Waals surface area contributed by atoms with E-state index in [1.165, 1.54) is 12.8 Å². The van der Waals surface area contributed by atoms with Crippen LogP contribution in [0.1, 0.15) is 38.5 Å². The number of methoxy groups -OCH3 is 1. The Kier molecular flexibility index (Phi) is 6.42. The minimum atomic E-state index is -0.340. The molecule has 4 heteroatoms. The van der Waals surface area contributed by atoms with E-state index in [0.29, 0.717) is 6.61 Å². The Hall–Kier alpha value is -0.610. The minimum Gasteiger partial charge on any atom is -0.385 e. The van der Waals surface area contributed by atoms with Crippen LogP contribution in [0.15, 0.2) is 0 Å². The maximum absolute atomic E-state index is 12.0. The summed E-state index contributed by atoms with van der Waals surface area (Å²) in [6, 6.07) is -0.340. The Bertz CT molecular complexity index is 201. The molecule has 4 nitrogen and oxygen atoms in total. The average Bonchev–Trinajstić information content (AvgIpc) is 2.56. The topological polar surface area (TPSA) is 55.6 Å². The number of nitrogens with two attached hydrogens (primary N) is 1. The predicted octanol–water partition coefficient (Wildman–Crippen LogP) is 1.14. The van der Waals surface area contributed by atoms with Crippen molar-refractivity contribution in [3.05, 3.63) is 0 Å². The number of nitrogens with zero attached hydrogens (tertiary/aromatic N) is 1. The maximum atomic E-state index is 12.0. The van der Waals surface area contributed by atoms with Crippen molar-refractivity contribution in [1.29, 1.82) is 0 Å². The van der Waals surface area contributed by atoms with Crippen molar-refractivity contribution in [3.8, 4) is 0 Å². The summed E-state index contributed by atoms with van der Waals surface area (Å²) in [6.07, 6.45) is 6.30. The van der Waals surface area contributed by atoms with E-state index in [0.717, 1.165) is 38.8 Å². The van der Waals surface area contributed by atoms with E-state index in [9.17, 15) is 4.79 Å². The number of rotatable bonds is 5. The number of carbonyl (C=O) groups excluding carboxylic acids is 1. The molecule has 0 bridgehead atoms. The van der Waals surface area contributed by atoms with E-state index < -0.39 is 0 Å². The van der Waals surface area contributed by atoms with Crippen LogP contribution >= 0.6 is 0 Å². The van der Waals surface area contributed by atoms with Gasteiger partial charge in [-0.1, -0.05) is 12.8 Å². The highest BCUT2D eigenvalue weighted by Crippen LogP contribution is 2.11. The van der Waals surface area contributed by atoms with Crippen LogP contribution in [0, 0.1) is 0 Å². The van der Waals surface area contributed by atoms with E-state index in [-0.39, 0.29) is 11.9 Å². The van der Waals surface area contributed by atoms with Gasteiger partial charge in [0.15, 0.2) is 0 Å². The van der Waals surface area contributed by atoms with Crippen LogP contribution in [0.4, 0.5) is 0 Å². The van der Waals surface area contributed by atoms with Gasteiger partial charge in [0.25, 0.3) is 0 Å². The van der Waals surface area contributed by atoms with Crippen molar-refractivity contribution in [2.45, 2.75) is 44.6 Å². The van der Waals surface area contributed by atoms with Crippen molar-refractivity contribution in [2.24, 2.45) is 5.73 Å². The molecule has 1 atom stereocenters. The fourth-order valence-corrected chi connectivity index (χ4v) is 2.10. The van der Waals surface area contributed by atoms with Crippen LogP contribution in [-0.2, 0) is 9.53 Å². The van der Waals surface area contributed by atoms with Gasteiger partial charge in [0.05, 0.1) is 6.04 Å². The van der Waals surface area contributed by atoms with Crippen molar-refractivity contribution in [2.75, 3.05) is 26.8 Å². The molecule has 0 aromatic heterocycles. The Morgan fingerprint density at radius 2 is 1.94 bits per heavy atom. The summed E-state index contributed by atoms with van der Waals surface area (Å²) in [5, 5.41) is 0. The van der Waals surface area contributed by atoms with E-state index >= 15 is 0 Å². The number of carbonyl (C=O) groups is 1. The molecular weight excluding hydrogens is 204 g/mol. The van der Waals surface area contributed by atoms with E-state index in [4.69, 9.17) is 10.5 Å². The zero-order valence-electron chi connectivity index (χ0n) is 10.3. The molecule has 0 aromatic rings. The molecule has 0 aromatic carbocycles. The molecule has 1 fully saturated rings. The Labute approximate surface area is 98.1 Å². The highest BCUT2D eigenvalue weighted by atomic mass is 16.5. The highest BCUT2D eigenvalue weighted by molar-refractivity contribution is 5.81. The molecule has 0 aliphatic carbocycles. The second kappa shape index (κ2) is 7.63. The largest absolute Gasteiger partial charge is 0.385 e. The molecule has 1 rings (SSSR count). The van der Waals surface area contributed by atoms with Gasteiger partial charge in [-0.25, -0.2) is 0 Å². The third-order valence-electron chi connectivity index (χ3n) is 3.10. The van der Waals surface area contributed by atoms with Gasteiger partial charge in [0.2, 0.25) is 5.91 Å². The lowest BCUT2D eigenvalue weighted by Gasteiger charge is -2.23. The van der Waals surface area contributed by atoms with Crippen LogP contribution in [-0.4, -0.2) is 43.7 Å². The smallest absolute Gasteiger partial charge is 0.239 e. The molecule has 0 saturated carbocycles. The van der Waals surface area contributed by atoms with Crippen LogP contribution < -0.4 is 5.73 Å². The molecule has 1 saturated heterocycles. The summed E-state index contributed by atoms with van der Waals surface area (Å²) < 4.78 is 4.96. The molecular formula is C12H24N2O2. The van der Waals surface area contributed by atoms with E-state index in [1.54, 1.807) is 7.11 Å². The zero-order chi connectivity index (χ0) is 11.8. The first-order valence-electron chi connectivity index (χ1n) is 6.29. The minimum absolute atomic E-state index is 0.123. The second-order valence-electron chi connectivity index (χ2n) is 4.48. The van der Waals surface area contributed by atoms with Gasteiger partial charge in [-0.15, -0.1) is 0 Å². The molecule has 1 unspecified atom stereocenters. The average molecular weight is 228 g/mol. The lowest BCUT2D eigenvalue weighted by Crippen LogP contribution is -2.44. The number of hydrogen-bond acceptors (Lipinski definition) is 3. The zero-order valence-corrected chi connectivity index (χ0v) is 10.3. The third kappa shape index (κ3) is 4.49. The number of amides is 1. The fraction of sp³-hybridized carbons (Fsp3) is 0.917. The molecule has 16 heavy (non-hydrogen) atoms. The van der Waals surface area contributed by atoms with E-state index in [1.807, 2.05) is 4.90 Å². The van der Waals surface area contributed by atoms with Crippen LogP contribution in [0.5, 0.6) is 0 Å². The summed E-state index contributed by atoms with van der Waals surface area (Å²) in [7, 11) is 1.67. The lowest BCUT2D eigenvalue weighted by molar-refractivity contribution is -0.132. The summed E-state index contributed by atoms with van der Waals surface area (Å²) in [5.41, 5.74) is 5.89. The summed E-state index contributed by atoms with van der Waals surface area (Å²) in [4.78, 5) is 13.9. The van der Waals surface area contributed by atoms with Gasteiger partial charge in [0, 0.05) is 26.8 Å². The van der Waals surface area contributed by atoms with Crippen molar-refractivity contribution in [3.63, 3.8) is 0 Å².